The maximum Gasteiger partial charge on any atom is 0.355 e. The van der Waals surface area contributed by atoms with Crippen molar-refractivity contribution in [3.8, 4) is 5.75 Å². The summed E-state index contributed by atoms with van der Waals surface area (Å²) in [5.74, 6) is 0.464. The third-order valence-corrected chi connectivity index (χ3v) is 7.03. The van der Waals surface area contributed by atoms with Crippen molar-refractivity contribution < 1.29 is 24.0 Å². The van der Waals surface area contributed by atoms with Crippen LogP contribution >= 0.6 is 23.4 Å². The standard InChI is InChI=1S/C25H22ClN3O6S/c1-34-20-9-7-16(8-10-20)14-35-25(31)22-18(5-3-11-26)15-36-24-21(23(30)28(22)24)27-13-17-4-2-6-19(12-17)29(32)33/h2-10,12-13,21,24H,11,14-15H2,1H3/b5-3-,27-13+/t21?,24-/m1/s1. The van der Waals surface area contributed by atoms with Crippen LogP contribution in [0.25, 0.3) is 0 Å². The Morgan fingerprint density at radius 2 is 2.08 bits per heavy atom. The molecular weight excluding hydrogens is 506 g/mol. The molecule has 2 aromatic carbocycles. The van der Waals surface area contributed by atoms with E-state index in [-0.39, 0.29) is 35.2 Å². The lowest BCUT2D eigenvalue weighted by atomic mass is 10.0. The van der Waals surface area contributed by atoms with Gasteiger partial charge in [-0.2, -0.15) is 0 Å². The SMILES string of the molecule is COc1ccc(COC(=O)C2=C(/C=C\CCl)CS[C@@H]3C(/N=C/c4cccc([N+](=O)[O-])c4)C(=O)N23)cc1. The fourth-order valence-corrected chi connectivity index (χ4v) is 5.15. The van der Waals surface area contributed by atoms with Crippen molar-refractivity contribution in [1.82, 2.24) is 4.90 Å². The van der Waals surface area contributed by atoms with Crippen LogP contribution in [0.1, 0.15) is 11.1 Å². The fraction of sp³-hybridized carbons (Fsp3) is 0.240. The summed E-state index contributed by atoms with van der Waals surface area (Å²) in [6.45, 7) is 0.0348. The molecule has 1 unspecified atom stereocenters. The summed E-state index contributed by atoms with van der Waals surface area (Å²) in [6.07, 6.45) is 4.88. The minimum atomic E-state index is -0.711. The molecule has 2 aliphatic rings. The third-order valence-electron chi connectivity index (χ3n) is 5.57. The second kappa shape index (κ2) is 11.4. The van der Waals surface area contributed by atoms with Crippen molar-refractivity contribution in [3.63, 3.8) is 0 Å². The van der Waals surface area contributed by atoms with Gasteiger partial charge in [-0.15, -0.1) is 23.4 Å². The second-order valence-corrected chi connectivity index (χ2v) is 9.25. The van der Waals surface area contributed by atoms with E-state index in [0.717, 1.165) is 5.56 Å². The average molecular weight is 528 g/mol. The molecule has 36 heavy (non-hydrogen) atoms. The van der Waals surface area contributed by atoms with Gasteiger partial charge in [-0.1, -0.05) is 36.4 Å². The Morgan fingerprint density at radius 3 is 2.78 bits per heavy atom. The number of non-ortho nitro benzene ring substituents is 1. The van der Waals surface area contributed by atoms with Gasteiger partial charge in [-0.3, -0.25) is 24.8 Å². The number of nitro benzene ring substituents is 1. The number of hydrogen-bond donors (Lipinski definition) is 0. The Morgan fingerprint density at radius 1 is 1.31 bits per heavy atom. The number of nitrogens with zero attached hydrogens (tertiary/aromatic N) is 3. The molecule has 0 saturated carbocycles. The number of thioether (sulfide) groups is 1. The summed E-state index contributed by atoms with van der Waals surface area (Å²) in [7, 11) is 1.57. The number of methoxy groups -OCH3 is 1. The molecule has 0 radical (unpaired) electrons. The van der Waals surface area contributed by atoms with E-state index in [0.29, 0.717) is 22.6 Å². The van der Waals surface area contributed by atoms with Gasteiger partial charge < -0.3 is 9.47 Å². The Labute approximate surface area is 216 Å². The molecule has 1 fully saturated rings. The van der Waals surface area contributed by atoms with Gasteiger partial charge in [0, 0.05) is 30.0 Å². The van der Waals surface area contributed by atoms with Crippen molar-refractivity contribution in [2.45, 2.75) is 18.0 Å². The largest absolute Gasteiger partial charge is 0.497 e. The van der Waals surface area contributed by atoms with Crippen molar-refractivity contribution >= 4 is 47.1 Å². The molecule has 1 saturated heterocycles. The van der Waals surface area contributed by atoms with Crippen LogP contribution in [0.2, 0.25) is 0 Å². The summed E-state index contributed by atoms with van der Waals surface area (Å²) < 4.78 is 10.7. The molecule has 2 aromatic rings. The lowest BCUT2D eigenvalue weighted by Gasteiger charge is -2.47. The lowest BCUT2D eigenvalue weighted by molar-refractivity contribution is -0.384. The van der Waals surface area contributed by atoms with Crippen LogP contribution in [0.4, 0.5) is 5.69 Å². The number of aliphatic imine (C=N–C) groups is 1. The number of carbonyl (C=O) groups is 2. The molecule has 0 spiro atoms. The molecule has 2 atom stereocenters. The first-order valence-corrected chi connectivity index (χ1v) is 12.5. The zero-order valence-electron chi connectivity index (χ0n) is 19.2. The zero-order chi connectivity index (χ0) is 25.7. The molecule has 11 heteroatoms. The number of nitro groups is 1. The summed E-state index contributed by atoms with van der Waals surface area (Å²) in [5, 5.41) is 10.6. The van der Waals surface area contributed by atoms with Gasteiger partial charge in [-0.25, -0.2) is 4.79 Å². The molecule has 1 amide bonds. The van der Waals surface area contributed by atoms with E-state index in [1.165, 1.54) is 35.0 Å². The number of fused-ring (bicyclic) bond motifs is 1. The zero-order valence-corrected chi connectivity index (χ0v) is 20.8. The average Bonchev–Trinajstić information content (AvgIpc) is 2.90. The summed E-state index contributed by atoms with van der Waals surface area (Å²) in [5.41, 5.74) is 2.05. The molecular formula is C25H22ClN3O6S. The lowest BCUT2D eigenvalue weighted by Crippen LogP contribution is -2.64. The van der Waals surface area contributed by atoms with Crippen molar-refractivity contribution in [3.05, 3.63) is 93.2 Å². The van der Waals surface area contributed by atoms with E-state index in [9.17, 15) is 19.7 Å². The minimum absolute atomic E-state index is 0.0348. The number of ether oxygens (including phenoxy) is 2. The van der Waals surface area contributed by atoms with Gasteiger partial charge in [0.05, 0.1) is 12.0 Å². The van der Waals surface area contributed by atoms with Crippen LogP contribution < -0.4 is 4.74 Å². The molecule has 0 N–H and O–H groups in total. The summed E-state index contributed by atoms with van der Waals surface area (Å²) >= 11 is 7.27. The molecule has 0 aliphatic carbocycles. The highest BCUT2D eigenvalue weighted by atomic mass is 35.5. The number of alkyl halides is 1. The van der Waals surface area contributed by atoms with E-state index < -0.39 is 16.9 Å². The Hall–Kier alpha value is -3.63. The Balaban J connectivity index is 1.51. The molecule has 186 valence electrons. The molecule has 9 nitrogen and oxygen atoms in total. The molecule has 0 aromatic heterocycles. The van der Waals surface area contributed by atoms with Crippen LogP contribution in [0.3, 0.4) is 0 Å². The molecule has 4 rings (SSSR count). The smallest absolute Gasteiger partial charge is 0.355 e. The number of amides is 1. The normalized spacial score (nSPS) is 19.4. The Bertz CT molecular complexity index is 1260. The van der Waals surface area contributed by atoms with Crippen LogP contribution in [0.15, 0.2) is 76.9 Å². The highest BCUT2D eigenvalue weighted by Gasteiger charge is 2.53. The van der Waals surface area contributed by atoms with Gasteiger partial charge in [0.25, 0.3) is 11.6 Å². The van der Waals surface area contributed by atoms with Gasteiger partial charge >= 0.3 is 5.97 Å². The number of benzene rings is 2. The first-order valence-electron chi connectivity index (χ1n) is 10.9. The number of rotatable bonds is 9. The predicted molar refractivity (Wildman–Crippen MR) is 137 cm³/mol. The Kier molecular flexibility index (Phi) is 8.07. The topological polar surface area (TPSA) is 111 Å². The minimum Gasteiger partial charge on any atom is -0.497 e. The van der Waals surface area contributed by atoms with Gasteiger partial charge in [0.15, 0.2) is 6.04 Å². The summed E-state index contributed by atoms with van der Waals surface area (Å²) in [4.78, 5) is 42.5. The van der Waals surface area contributed by atoms with Crippen molar-refractivity contribution in [2.24, 2.45) is 4.99 Å². The first kappa shape index (κ1) is 25.5. The van der Waals surface area contributed by atoms with E-state index in [2.05, 4.69) is 4.99 Å². The number of carbonyl (C=O) groups excluding carboxylic acids is 2. The quantitative estimate of drug-likeness (QED) is 0.120. The van der Waals surface area contributed by atoms with E-state index >= 15 is 0 Å². The highest BCUT2D eigenvalue weighted by Crippen LogP contribution is 2.42. The van der Waals surface area contributed by atoms with Gasteiger partial charge in [0.2, 0.25) is 0 Å². The molecule has 2 aliphatic heterocycles. The number of esters is 1. The van der Waals surface area contributed by atoms with Crippen LogP contribution in [-0.2, 0) is 20.9 Å². The number of allylic oxidation sites excluding steroid dienone is 2. The predicted octanol–water partition coefficient (Wildman–Crippen LogP) is 4.10. The van der Waals surface area contributed by atoms with Crippen LogP contribution in [0.5, 0.6) is 5.75 Å². The third kappa shape index (κ3) is 5.44. The van der Waals surface area contributed by atoms with Crippen molar-refractivity contribution in [2.75, 3.05) is 18.7 Å². The van der Waals surface area contributed by atoms with Crippen LogP contribution in [-0.4, -0.2) is 58.1 Å². The maximum atomic E-state index is 13.1. The molecule has 2 heterocycles. The van der Waals surface area contributed by atoms with E-state index in [1.807, 2.05) is 0 Å². The van der Waals surface area contributed by atoms with Crippen LogP contribution in [0, 0.1) is 10.1 Å². The van der Waals surface area contributed by atoms with Gasteiger partial charge in [0.1, 0.15) is 23.4 Å². The summed E-state index contributed by atoms with van der Waals surface area (Å²) in [6, 6.07) is 12.4. The maximum absolute atomic E-state index is 13.1. The second-order valence-electron chi connectivity index (χ2n) is 7.84. The fourth-order valence-electron chi connectivity index (χ4n) is 3.76. The first-order chi connectivity index (χ1) is 17.4. The highest BCUT2D eigenvalue weighted by molar-refractivity contribution is 8.00. The number of halogens is 1. The monoisotopic (exact) mass is 527 g/mol. The van der Waals surface area contributed by atoms with Gasteiger partial charge in [-0.05, 0) is 28.8 Å². The van der Waals surface area contributed by atoms with E-state index in [1.54, 1.807) is 55.7 Å². The van der Waals surface area contributed by atoms with Crippen molar-refractivity contribution in [1.29, 1.82) is 0 Å². The van der Waals surface area contributed by atoms with E-state index in [4.69, 9.17) is 21.1 Å². The number of β-lactam (4-membered cyclic amide) rings is 1. The molecule has 0 bridgehead atoms. The number of hydrogen-bond acceptors (Lipinski definition) is 8.